The molecule has 0 unspecified atom stereocenters. The second kappa shape index (κ2) is 6.31. The number of nitrogens with one attached hydrogen (secondary N) is 1. The number of aryl methyl sites for hydroxylation is 3. The Bertz CT molecular complexity index is 725. The van der Waals surface area contributed by atoms with Crippen molar-refractivity contribution in [2.75, 3.05) is 0 Å². The standard InChI is InChI=1S/C13H15F3N6O/c1-4-22-20-8(3)10(21-22)6-17-11(23)9-5-7(2)18-12(19-9)13(14,15)16/h5H,4,6H2,1-3H3,(H,17,23). The van der Waals surface area contributed by atoms with Crippen LogP contribution in [0.25, 0.3) is 0 Å². The molecule has 10 heteroatoms. The number of amides is 1. The summed E-state index contributed by atoms with van der Waals surface area (Å²) in [5.74, 6) is -2.07. The van der Waals surface area contributed by atoms with Gasteiger partial charge in [-0.3, -0.25) is 4.79 Å². The van der Waals surface area contributed by atoms with Gasteiger partial charge in [0.05, 0.1) is 18.8 Å². The summed E-state index contributed by atoms with van der Waals surface area (Å²) in [4.78, 5) is 20.0. The van der Waals surface area contributed by atoms with Crippen molar-refractivity contribution < 1.29 is 18.0 Å². The minimum atomic E-state index is -4.71. The Morgan fingerprint density at radius 3 is 2.52 bits per heavy atom. The van der Waals surface area contributed by atoms with Gasteiger partial charge in [0.1, 0.15) is 11.4 Å². The monoisotopic (exact) mass is 328 g/mol. The van der Waals surface area contributed by atoms with Crippen LogP contribution in [0.4, 0.5) is 13.2 Å². The van der Waals surface area contributed by atoms with Gasteiger partial charge in [-0.1, -0.05) is 0 Å². The molecule has 23 heavy (non-hydrogen) atoms. The molecule has 0 bridgehead atoms. The molecule has 2 aromatic rings. The highest BCUT2D eigenvalue weighted by Gasteiger charge is 2.35. The quantitative estimate of drug-likeness (QED) is 0.922. The lowest BCUT2D eigenvalue weighted by Gasteiger charge is -2.08. The van der Waals surface area contributed by atoms with Gasteiger partial charge in [-0.05, 0) is 26.8 Å². The molecule has 1 N–H and O–H groups in total. The maximum atomic E-state index is 12.7. The van der Waals surface area contributed by atoms with E-state index in [1.807, 2.05) is 6.92 Å². The van der Waals surface area contributed by atoms with E-state index >= 15 is 0 Å². The zero-order chi connectivity index (χ0) is 17.2. The van der Waals surface area contributed by atoms with Gasteiger partial charge >= 0.3 is 6.18 Å². The topological polar surface area (TPSA) is 85.6 Å². The van der Waals surface area contributed by atoms with Gasteiger partial charge in [-0.15, -0.1) is 0 Å². The third kappa shape index (κ3) is 4.02. The van der Waals surface area contributed by atoms with Gasteiger partial charge in [-0.25, -0.2) is 9.97 Å². The predicted molar refractivity (Wildman–Crippen MR) is 73.4 cm³/mol. The predicted octanol–water partition coefficient (Wildman–Crippen LogP) is 1.65. The third-order valence-corrected chi connectivity index (χ3v) is 2.96. The molecule has 1 amide bonds. The molecule has 2 aromatic heterocycles. The van der Waals surface area contributed by atoms with Crippen LogP contribution < -0.4 is 5.32 Å². The molecule has 0 radical (unpaired) electrons. The van der Waals surface area contributed by atoms with E-state index in [1.54, 1.807) is 6.92 Å². The number of nitrogens with zero attached hydrogens (tertiary/aromatic N) is 5. The van der Waals surface area contributed by atoms with Crippen molar-refractivity contribution in [1.82, 2.24) is 30.3 Å². The molecule has 2 rings (SSSR count). The van der Waals surface area contributed by atoms with E-state index in [0.29, 0.717) is 17.9 Å². The van der Waals surface area contributed by atoms with Crippen molar-refractivity contribution in [3.8, 4) is 0 Å². The minimum absolute atomic E-state index is 0.0507. The molecule has 0 atom stereocenters. The lowest BCUT2D eigenvalue weighted by atomic mass is 10.3. The average Bonchev–Trinajstić information content (AvgIpc) is 2.83. The first-order chi connectivity index (χ1) is 10.7. The van der Waals surface area contributed by atoms with Gasteiger partial charge in [0.2, 0.25) is 5.82 Å². The molecule has 0 aromatic carbocycles. The Hall–Kier alpha value is -2.52. The van der Waals surface area contributed by atoms with Crippen LogP contribution in [0, 0.1) is 13.8 Å². The molecule has 0 saturated heterocycles. The normalized spacial score (nSPS) is 11.6. The number of rotatable bonds is 4. The zero-order valence-corrected chi connectivity index (χ0v) is 12.8. The number of halogens is 3. The zero-order valence-electron chi connectivity index (χ0n) is 12.8. The van der Waals surface area contributed by atoms with E-state index in [2.05, 4.69) is 25.5 Å². The van der Waals surface area contributed by atoms with Crippen molar-refractivity contribution in [2.45, 2.75) is 40.0 Å². The van der Waals surface area contributed by atoms with Gasteiger partial charge in [0, 0.05) is 5.69 Å². The highest BCUT2D eigenvalue weighted by molar-refractivity contribution is 5.92. The molecule has 0 spiro atoms. The van der Waals surface area contributed by atoms with Gasteiger partial charge in [0.15, 0.2) is 0 Å². The van der Waals surface area contributed by atoms with Crippen molar-refractivity contribution in [1.29, 1.82) is 0 Å². The molecule has 0 saturated carbocycles. The van der Waals surface area contributed by atoms with E-state index in [1.165, 1.54) is 17.8 Å². The van der Waals surface area contributed by atoms with Crippen LogP contribution in [0.2, 0.25) is 0 Å². The fraction of sp³-hybridized carbons (Fsp3) is 0.462. The fourth-order valence-corrected chi connectivity index (χ4v) is 1.84. The number of hydrogen-bond acceptors (Lipinski definition) is 5. The number of carbonyl (C=O) groups is 1. The largest absolute Gasteiger partial charge is 0.451 e. The SMILES string of the molecule is CCn1nc(C)c(CNC(=O)c2cc(C)nc(C(F)(F)F)n2)n1. The number of aromatic nitrogens is 5. The van der Waals surface area contributed by atoms with Gasteiger partial charge in [-0.2, -0.15) is 28.2 Å². The smallest absolute Gasteiger partial charge is 0.345 e. The lowest BCUT2D eigenvalue weighted by Crippen LogP contribution is -2.26. The maximum absolute atomic E-state index is 12.7. The van der Waals surface area contributed by atoms with Crippen molar-refractivity contribution in [3.05, 3.63) is 34.7 Å². The Morgan fingerprint density at radius 2 is 1.96 bits per heavy atom. The van der Waals surface area contributed by atoms with E-state index < -0.39 is 17.9 Å². The molecule has 2 heterocycles. The molecule has 0 aliphatic carbocycles. The fourth-order valence-electron chi connectivity index (χ4n) is 1.84. The molecule has 124 valence electrons. The Kier molecular flexibility index (Phi) is 4.62. The summed E-state index contributed by atoms with van der Waals surface area (Å²) >= 11 is 0. The van der Waals surface area contributed by atoms with E-state index in [-0.39, 0.29) is 17.9 Å². The summed E-state index contributed by atoms with van der Waals surface area (Å²) in [6.45, 7) is 5.59. The highest BCUT2D eigenvalue weighted by atomic mass is 19.4. The molecular weight excluding hydrogens is 313 g/mol. The van der Waals surface area contributed by atoms with Crippen molar-refractivity contribution in [2.24, 2.45) is 0 Å². The summed E-state index contributed by atoms with van der Waals surface area (Å²) in [6.07, 6.45) is -4.71. The van der Waals surface area contributed by atoms with Gasteiger partial charge in [0.25, 0.3) is 5.91 Å². The average molecular weight is 328 g/mol. The number of hydrogen-bond donors (Lipinski definition) is 1. The van der Waals surface area contributed by atoms with Crippen LogP contribution in [0.15, 0.2) is 6.07 Å². The third-order valence-electron chi connectivity index (χ3n) is 2.96. The van der Waals surface area contributed by atoms with Crippen molar-refractivity contribution >= 4 is 5.91 Å². The Morgan fingerprint density at radius 1 is 1.26 bits per heavy atom. The number of alkyl halides is 3. The van der Waals surface area contributed by atoms with Crippen LogP contribution in [0.1, 0.15) is 40.3 Å². The van der Waals surface area contributed by atoms with E-state index in [0.717, 1.165) is 0 Å². The molecule has 0 aliphatic rings. The first-order valence-electron chi connectivity index (χ1n) is 6.82. The second-order valence-electron chi connectivity index (χ2n) is 4.82. The minimum Gasteiger partial charge on any atom is -0.345 e. The van der Waals surface area contributed by atoms with Gasteiger partial charge < -0.3 is 5.32 Å². The second-order valence-corrected chi connectivity index (χ2v) is 4.82. The Balaban J connectivity index is 2.14. The van der Waals surface area contributed by atoms with Crippen LogP contribution >= 0.6 is 0 Å². The molecule has 0 aliphatic heterocycles. The van der Waals surface area contributed by atoms with E-state index in [4.69, 9.17) is 0 Å². The molecule has 0 fully saturated rings. The van der Waals surface area contributed by atoms with E-state index in [9.17, 15) is 18.0 Å². The first-order valence-corrected chi connectivity index (χ1v) is 6.82. The van der Waals surface area contributed by atoms with Crippen LogP contribution in [-0.2, 0) is 19.3 Å². The summed E-state index contributed by atoms with van der Waals surface area (Å²) < 4.78 is 38.0. The first kappa shape index (κ1) is 16.8. The van der Waals surface area contributed by atoms with Crippen LogP contribution in [-0.4, -0.2) is 30.9 Å². The maximum Gasteiger partial charge on any atom is 0.451 e. The molecular formula is C13H15F3N6O. The van der Waals surface area contributed by atoms with Crippen molar-refractivity contribution in [3.63, 3.8) is 0 Å². The summed E-state index contributed by atoms with van der Waals surface area (Å²) in [7, 11) is 0. The number of carbonyl (C=O) groups excluding carboxylic acids is 1. The van der Waals surface area contributed by atoms with Crippen LogP contribution in [0.3, 0.4) is 0 Å². The van der Waals surface area contributed by atoms with Crippen LogP contribution in [0.5, 0.6) is 0 Å². The molecule has 7 nitrogen and oxygen atoms in total. The lowest BCUT2D eigenvalue weighted by molar-refractivity contribution is -0.145. The summed E-state index contributed by atoms with van der Waals surface area (Å²) in [5, 5.41) is 10.8. The summed E-state index contributed by atoms with van der Waals surface area (Å²) in [5.41, 5.74) is 0.903. The summed E-state index contributed by atoms with van der Waals surface area (Å²) in [6, 6.07) is 1.19. The Labute approximate surface area is 129 Å². The highest BCUT2D eigenvalue weighted by Crippen LogP contribution is 2.26.